The average Bonchev–Trinajstić information content (AvgIpc) is 3.54. The first-order valence-corrected chi connectivity index (χ1v) is 14.5. The molecule has 2 nitrogen and oxygen atoms in total. The normalized spacial score (nSPS) is 42.2. The van der Waals surface area contributed by atoms with Crippen LogP contribution in [0.4, 0.5) is 8.78 Å². The highest BCUT2D eigenvalue weighted by Crippen LogP contribution is 2.69. The van der Waals surface area contributed by atoms with E-state index in [1.165, 1.54) is 40.3 Å². The van der Waals surface area contributed by atoms with Crippen molar-refractivity contribution in [1.29, 1.82) is 0 Å². The molecule has 6 aliphatic rings. The lowest BCUT2D eigenvalue weighted by Crippen LogP contribution is -2.55. The lowest BCUT2D eigenvalue weighted by Gasteiger charge is -2.55. The number of hydrogen-bond donors (Lipinski definition) is 0. The van der Waals surface area contributed by atoms with Crippen molar-refractivity contribution >= 4 is 10.8 Å². The quantitative estimate of drug-likeness (QED) is 0.416. The van der Waals surface area contributed by atoms with Crippen molar-refractivity contribution in [2.75, 3.05) is 13.1 Å². The standard InChI is InChI=1S/C33H37F2NO/c1-30-13-12-26-19-25-8-9-27(36-17-16-32(34,35)21-36)20-31(25)14-15-33(26,37-31)29(30)11-10-28(30)24-7-6-22-4-2-3-5-23(22)18-24/h2-7,12,18-19,27-29H,8-11,13-17,20-21H2,1H3/t27-,28+,29+,30+,31?,33+/m0/s1. The van der Waals surface area contributed by atoms with E-state index >= 15 is 0 Å². The molecule has 4 heteroatoms. The molecular formula is C33H37F2NO. The Balaban J connectivity index is 1.12. The maximum absolute atomic E-state index is 14.0. The van der Waals surface area contributed by atoms with Crippen LogP contribution in [0, 0.1) is 11.3 Å². The van der Waals surface area contributed by atoms with E-state index in [9.17, 15) is 8.78 Å². The van der Waals surface area contributed by atoms with Crippen LogP contribution in [-0.4, -0.2) is 41.2 Å². The minimum atomic E-state index is -2.53. The van der Waals surface area contributed by atoms with E-state index in [0.29, 0.717) is 18.4 Å². The van der Waals surface area contributed by atoms with Gasteiger partial charge in [-0.05, 0) is 96.1 Å². The second-order valence-electron chi connectivity index (χ2n) is 13.3. The number of allylic oxidation sites excluding steroid dienone is 1. The second kappa shape index (κ2) is 7.54. The average molecular weight is 502 g/mol. The summed E-state index contributed by atoms with van der Waals surface area (Å²) in [5.74, 6) is -1.49. The van der Waals surface area contributed by atoms with Gasteiger partial charge in [-0.15, -0.1) is 0 Å². The number of halogens is 2. The minimum Gasteiger partial charge on any atom is -0.359 e. The highest BCUT2D eigenvalue weighted by molar-refractivity contribution is 5.83. The maximum atomic E-state index is 14.0. The van der Waals surface area contributed by atoms with E-state index in [-0.39, 0.29) is 35.6 Å². The van der Waals surface area contributed by atoms with Gasteiger partial charge in [0.15, 0.2) is 0 Å². The summed E-state index contributed by atoms with van der Waals surface area (Å²) < 4.78 is 35.5. The number of likely N-dealkylation sites (tertiary alicyclic amines) is 1. The first-order valence-electron chi connectivity index (χ1n) is 14.5. The van der Waals surface area contributed by atoms with Crippen LogP contribution in [0.25, 0.3) is 10.8 Å². The zero-order chi connectivity index (χ0) is 25.0. The summed E-state index contributed by atoms with van der Waals surface area (Å²) in [5, 5.41) is 2.64. The number of fused-ring (bicyclic) bond motifs is 2. The lowest BCUT2D eigenvalue weighted by molar-refractivity contribution is -0.141. The van der Waals surface area contributed by atoms with E-state index in [1.54, 1.807) is 0 Å². The van der Waals surface area contributed by atoms with Crippen LogP contribution >= 0.6 is 0 Å². The van der Waals surface area contributed by atoms with E-state index in [1.807, 2.05) is 0 Å². The smallest absolute Gasteiger partial charge is 0.261 e. The van der Waals surface area contributed by atoms with Crippen molar-refractivity contribution in [3.05, 3.63) is 71.3 Å². The Bertz CT molecular complexity index is 1350. The molecule has 0 N–H and O–H groups in total. The van der Waals surface area contributed by atoms with Gasteiger partial charge >= 0.3 is 0 Å². The van der Waals surface area contributed by atoms with Crippen molar-refractivity contribution in [2.45, 2.75) is 93.8 Å². The van der Waals surface area contributed by atoms with Crippen LogP contribution in [0.15, 0.2) is 65.8 Å². The first-order chi connectivity index (χ1) is 17.8. The van der Waals surface area contributed by atoms with Gasteiger partial charge in [0.25, 0.3) is 5.92 Å². The molecule has 3 aliphatic heterocycles. The van der Waals surface area contributed by atoms with E-state index in [0.717, 1.165) is 38.5 Å². The Morgan fingerprint density at radius 2 is 1.84 bits per heavy atom. The van der Waals surface area contributed by atoms with Crippen molar-refractivity contribution in [3.63, 3.8) is 0 Å². The molecule has 2 bridgehead atoms. The van der Waals surface area contributed by atoms with Crippen LogP contribution in [0.1, 0.15) is 76.2 Å². The lowest BCUT2D eigenvalue weighted by atomic mass is 9.58. The van der Waals surface area contributed by atoms with Gasteiger partial charge in [-0.3, -0.25) is 4.90 Å². The van der Waals surface area contributed by atoms with Crippen LogP contribution in [-0.2, 0) is 4.74 Å². The predicted molar refractivity (Wildman–Crippen MR) is 143 cm³/mol. The zero-order valence-electron chi connectivity index (χ0n) is 21.8. The first kappa shape index (κ1) is 22.9. The maximum Gasteiger partial charge on any atom is 0.261 e. The summed E-state index contributed by atoms with van der Waals surface area (Å²) in [6, 6.07) is 16.0. The Labute approximate surface area is 218 Å². The molecule has 2 spiro atoms. The molecule has 0 aromatic heterocycles. The van der Waals surface area contributed by atoms with Gasteiger partial charge < -0.3 is 4.74 Å². The van der Waals surface area contributed by atoms with Crippen LogP contribution in [0.5, 0.6) is 0 Å². The third-order valence-electron chi connectivity index (χ3n) is 11.5. The fourth-order valence-corrected chi connectivity index (χ4v) is 9.74. The SMILES string of the molecule is C[C@]12CC=C3C=C4CC[C@H](N5CCC(F)(F)C5)CC45CC[C@]3(O5)[C@@H]1CC[C@@H]2c1ccc2ccccc2c1. The molecule has 194 valence electrons. The predicted octanol–water partition coefficient (Wildman–Crippen LogP) is 7.79. The van der Waals surface area contributed by atoms with Crippen LogP contribution < -0.4 is 0 Å². The molecule has 2 saturated heterocycles. The van der Waals surface area contributed by atoms with Crippen molar-refractivity contribution in [3.8, 4) is 0 Å². The monoisotopic (exact) mass is 501 g/mol. The molecule has 1 unspecified atom stereocenters. The summed E-state index contributed by atoms with van der Waals surface area (Å²) in [6.45, 7) is 2.98. The van der Waals surface area contributed by atoms with Gasteiger partial charge in [0.1, 0.15) is 0 Å². The highest BCUT2D eigenvalue weighted by atomic mass is 19.3. The van der Waals surface area contributed by atoms with Crippen LogP contribution in [0.2, 0.25) is 0 Å². The molecule has 3 aliphatic carbocycles. The van der Waals surface area contributed by atoms with Gasteiger partial charge in [0, 0.05) is 19.0 Å². The fraction of sp³-hybridized carbons (Fsp3) is 0.576. The number of rotatable bonds is 2. The zero-order valence-corrected chi connectivity index (χ0v) is 21.8. The minimum absolute atomic E-state index is 0.00741. The van der Waals surface area contributed by atoms with Gasteiger partial charge in [-0.25, -0.2) is 8.78 Å². The van der Waals surface area contributed by atoms with Crippen molar-refractivity contribution in [2.24, 2.45) is 11.3 Å². The molecule has 6 atom stereocenters. The van der Waals surface area contributed by atoms with E-state index in [4.69, 9.17) is 4.74 Å². The number of nitrogens with zero attached hydrogens (tertiary/aromatic N) is 1. The number of benzene rings is 2. The Morgan fingerprint density at radius 3 is 2.68 bits per heavy atom. The summed E-state index contributed by atoms with van der Waals surface area (Å²) >= 11 is 0. The summed E-state index contributed by atoms with van der Waals surface area (Å²) in [4.78, 5) is 2.07. The van der Waals surface area contributed by atoms with Gasteiger partial charge in [-0.1, -0.05) is 61.5 Å². The van der Waals surface area contributed by atoms with Crippen LogP contribution in [0.3, 0.4) is 0 Å². The molecule has 0 radical (unpaired) electrons. The summed E-state index contributed by atoms with van der Waals surface area (Å²) in [7, 11) is 0. The Kier molecular flexibility index (Phi) is 4.67. The third-order valence-corrected chi connectivity index (χ3v) is 11.5. The molecule has 2 saturated carbocycles. The third kappa shape index (κ3) is 3.15. The largest absolute Gasteiger partial charge is 0.359 e. The molecular weight excluding hydrogens is 464 g/mol. The topological polar surface area (TPSA) is 12.5 Å². The van der Waals surface area contributed by atoms with E-state index in [2.05, 4.69) is 66.4 Å². The molecule has 0 amide bonds. The number of alkyl halides is 2. The highest BCUT2D eigenvalue weighted by Gasteiger charge is 2.66. The fourth-order valence-electron chi connectivity index (χ4n) is 9.74. The summed E-state index contributed by atoms with van der Waals surface area (Å²) in [5.41, 5.74) is 4.10. The van der Waals surface area contributed by atoms with Crippen molar-refractivity contribution < 1.29 is 13.5 Å². The number of hydrogen-bond acceptors (Lipinski definition) is 2. The summed E-state index contributed by atoms with van der Waals surface area (Å²) in [6.07, 6.45) is 13.5. The van der Waals surface area contributed by atoms with Crippen molar-refractivity contribution in [1.82, 2.24) is 4.90 Å². The van der Waals surface area contributed by atoms with Gasteiger partial charge in [0.05, 0.1) is 17.7 Å². The van der Waals surface area contributed by atoms with Gasteiger partial charge in [-0.2, -0.15) is 0 Å². The molecule has 3 heterocycles. The molecule has 37 heavy (non-hydrogen) atoms. The second-order valence-corrected chi connectivity index (χ2v) is 13.3. The van der Waals surface area contributed by atoms with Gasteiger partial charge in [0.2, 0.25) is 0 Å². The van der Waals surface area contributed by atoms with E-state index < -0.39 is 5.92 Å². The molecule has 4 fully saturated rings. The molecule has 8 rings (SSSR count). The number of ether oxygens (including phenoxy) is 1. The molecule has 2 aromatic carbocycles. The molecule has 2 aromatic rings. The Morgan fingerprint density at radius 1 is 0.973 bits per heavy atom. The Hall–Kier alpha value is -2.04.